The van der Waals surface area contributed by atoms with Crippen molar-refractivity contribution in [3.63, 3.8) is 0 Å². The second kappa shape index (κ2) is 4.62. The van der Waals surface area contributed by atoms with Gasteiger partial charge in [0, 0.05) is 32.5 Å². The number of ether oxygens (including phenoxy) is 1. The number of likely N-dealkylation sites (tertiary alicyclic amines) is 1. The smallest absolute Gasteiger partial charge is 0.255 e. The predicted octanol–water partition coefficient (Wildman–Crippen LogP) is -0.237. The zero-order chi connectivity index (χ0) is 13.4. The molecule has 100 valence electrons. The number of amides is 2. The van der Waals surface area contributed by atoms with Gasteiger partial charge in [-0.15, -0.1) is 0 Å². The third-order valence-corrected chi connectivity index (χ3v) is 3.74. The maximum absolute atomic E-state index is 12.3. The maximum Gasteiger partial charge on any atom is 0.255 e. The first-order valence-corrected chi connectivity index (χ1v) is 6.23. The molecule has 0 aromatic carbocycles. The molecular formula is C13H15N3O3. The van der Waals surface area contributed by atoms with Crippen molar-refractivity contribution in [3.05, 3.63) is 30.1 Å². The second-order valence-electron chi connectivity index (χ2n) is 4.87. The van der Waals surface area contributed by atoms with E-state index in [2.05, 4.69) is 4.98 Å². The van der Waals surface area contributed by atoms with E-state index < -0.39 is 0 Å². The van der Waals surface area contributed by atoms with Crippen LogP contribution < -0.4 is 0 Å². The summed E-state index contributed by atoms with van der Waals surface area (Å²) in [6.07, 6.45) is 3.11. The quantitative estimate of drug-likeness (QED) is 0.700. The molecule has 2 amide bonds. The van der Waals surface area contributed by atoms with E-state index >= 15 is 0 Å². The zero-order valence-electron chi connectivity index (χ0n) is 10.7. The molecule has 19 heavy (non-hydrogen) atoms. The maximum atomic E-state index is 12.3. The van der Waals surface area contributed by atoms with Gasteiger partial charge >= 0.3 is 0 Å². The van der Waals surface area contributed by atoms with E-state index in [0.29, 0.717) is 18.7 Å². The number of likely N-dealkylation sites (N-methyl/N-ethyl adjacent to an activating group) is 1. The van der Waals surface area contributed by atoms with Crippen molar-refractivity contribution in [1.82, 2.24) is 14.8 Å². The molecule has 1 aromatic heterocycles. The van der Waals surface area contributed by atoms with E-state index in [1.165, 1.54) is 0 Å². The molecule has 6 nitrogen and oxygen atoms in total. The first-order valence-electron chi connectivity index (χ1n) is 6.23. The molecule has 3 heterocycles. The van der Waals surface area contributed by atoms with Gasteiger partial charge in [-0.05, 0) is 12.1 Å². The van der Waals surface area contributed by atoms with E-state index in [9.17, 15) is 9.59 Å². The van der Waals surface area contributed by atoms with Crippen molar-refractivity contribution in [2.75, 3.05) is 26.7 Å². The summed E-state index contributed by atoms with van der Waals surface area (Å²) < 4.78 is 5.50. The number of pyridine rings is 1. The lowest BCUT2D eigenvalue weighted by Crippen LogP contribution is -2.51. The summed E-state index contributed by atoms with van der Waals surface area (Å²) in [4.78, 5) is 31.2. The number of hydrogen-bond donors (Lipinski definition) is 0. The average molecular weight is 261 g/mol. The summed E-state index contributed by atoms with van der Waals surface area (Å²) in [6, 6.07) is 3.44. The minimum absolute atomic E-state index is 0.0306. The summed E-state index contributed by atoms with van der Waals surface area (Å²) >= 11 is 0. The Hall–Kier alpha value is -1.95. The number of carbonyl (C=O) groups excluding carboxylic acids is 2. The van der Waals surface area contributed by atoms with E-state index in [0.717, 1.165) is 0 Å². The molecule has 0 bridgehead atoms. The Bertz CT molecular complexity index is 505. The zero-order valence-corrected chi connectivity index (χ0v) is 10.7. The first-order chi connectivity index (χ1) is 9.16. The van der Waals surface area contributed by atoms with Crippen molar-refractivity contribution < 1.29 is 14.3 Å². The van der Waals surface area contributed by atoms with Crippen LogP contribution in [0.2, 0.25) is 0 Å². The fourth-order valence-electron chi connectivity index (χ4n) is 2.60. The fraction of sp³-hybridized carbons (Fsp3) is 0.462. The molecule has 1 aromatic rings. The van der Waals surface area contributed by atoms with E-state index in [4.69, 9.17) is 4.74 Å². The summed E-state index contributed by atoms with van der Waals surface area (Å²) in [5.74, 6) is -0.0936. The van der Waals surface area contributed by atoms with Crippen molar-refractivity contribution >= 4 is 11.8 Å². The van der Waals surface area contributed by atoms with Crippen LogP contribution in [0.5, 0.6) is 0 Å². The SMILES string of the molecule is CN1C(=O)CO[C@H]2CN(C(=O)c3cccnc3)C[C@H]21. The molecule has 6 heteroatoms. The monoisotopic (exact) mass is 261 g/mol. The number of hydrogen-bond acceptors (Lipinski definition) is 4. The summed E-state index contributed by atoms with van der Waals surface area (Å²) in [7, 11) is 1.76. The Kier molecular flexibility index (Phi) is 2.94. The van der Waals surface area contributed by atoms with E-state index in [1.54, 1.807) is 41.4 Å². The van der Waals surface area contributed by atoms with Crippen LogP contribution >= 0.6 is 0 Å². The minimum Gasteiger partial charge on any atom is -0.364 e. The molecule has 0 saturated carbocycles. The standard InChI is InChI=1S/C13H15N3O3/c1-15-10-6-16(7-11(10)19-8-12(15)17)13(18)9-3-2-4-14-5-9/h2-5,10-11H,6-8H2,1H3/t10-,11+/m1/s1. The lowest BCUT2D eigenvalue weighted by atomic mass is 10.1. The molecule has 0 aliphatic carbocycles. The lowest BCUT2D eigenvalue weighted by molar-refractivity contribution is -0.150. The molecule has 2 saturated heterocycles. The number of rotatable bonds is 1. The van der Waals surface area contributed by atoms with Gasteiger partial charge in [-0.25, -0.2) is 0 Å². The van der Waals surface area contributed by atoms with Crippen molar-refractivity contribution in [2.45, 2.75) is 12.1 Å². The van der Waals surface area contributed by atoms with Gasteiger partial charge in [0.15, 0.2) is 0 Å². The first kappa shape index (κ1) is 12.1. The van der Waals surface area contributed by atoms with E-state index in [-0.39, 0.29) is 30.6 Å². The largest absolute Gasteiger partial charge is 0.364 e. The highest BCUT2D eigenvalue weighted by Gasteiger charge is 2.43. The van der Waals surface area contributed by atoms with Crippen molar-refractivity contribution in [2.24, 2.45) is 0 Å². The molecule has 3 rings (SSSR count). The molecule has 0 radical (unpaired) electrons. The summed E-state index contributed by atoms with van der Waals surface area (Å²) in [6.45, 7) is 1.14. The third-order valence-electron chi connectivity index (χ3n) is 3.74. The number of aromatic nitrogens is 1. The van der Waals surface area contributed by atoms with Gasteiger partial charge in [-0.2, -0.15) is 0 Å². The van der Waals surface area contributed by atoms with Gasteiger partial charge in [0.1, 0.15) is 6.61 Å². The van der Waals surface area contributed by atoms with Gasteiger partial charge in [0.05, 0.1) is 17.7 Å². The molecule has 2 aliphatic rings. The second-order valence-corrected chi connectivity index (χ2v) is 4.87. The van der Waals surface area contributed by atoms with Crippen LogP contribution in [0.3, 0.4) is 0 Å². The minimum atomic E-state index is -0.0803. The summed E-state index contributed by atoms with van der Waals surface area (Å²) in [5.41, 5.74) is 0.565. The Labute approximate surface area is 111 Å². The van der Waals surface area contributed by atoms with Gasteiger partial charge in [0.2, 0.25) is 5.91 Å². The Morgan fingerprint density at radius 3 is 3.05 bits per heavy atom. The highest BCUT2D eigenvalue weighted by atomic mass is 16.5. The average Bonchev–Trinajstić information content (AvgIpc) is 2.88. The molecule has 2 atom stereocenters. The van der Waals surface area contributed by atoms with E-state index in [1.807, 2.05) is 0 Å². The van der Waals surface area contributed by atoms with Crippen LogP contribution in [0.4, 0.5) is 0 Å². The molecule has 2 fully saturated rings. The Morgan fingerprint density at radius 2 is 2.32 bits per heavy atom. The molecule has 0 N–H and O–H groups in total. The Balaban J connectivity index is 1.75. The highest BCUT2D eigenvalue weighted by Crippen LogP contribution is 2.23. The predicted molar refractivity (Wildman–Crippen MR) is 66.4 cm³/mol. The summed E-state index contributed by atoms with van der Waals surface area (Å²) in [5, 5.41) is 0. The molecule has 0 unspecified atom stereocenters. The molecular weight excluding hydrogens is 246 g/mol. The van der Waals surface area contributed by atoms with Crippen LogP contribution in [-0.4, -0.2) is 65.5 Å². The van der Waals surface area contributed by atoms with Crippen LogP contribution in [-0.2, 0) is 9.53 Å². The number of carbonyl (C=O) groups is 2. The number of fused-ring (bicyclic) bond motifs is 1. The van der Waals surface area contributed by atoms with Crippen LogP contribution in [0, 0.1) is 0 Å². The topological polar surface area (TPSA) is 62.7 Å². The number of nitrogens with zero attached hydrogens (tertiary/aromatic N) is 3. The van der Waals surface area contributed by atoms with Gasteiger partial charge in [-0.1, -0.05) is 0 Å². The normalized spacial score (nSPS) is 26.5. The lowest BCUT2D eigenvalue weighted by Gasteiger charge is -2.33. The van der Waals surface area contributed by atoms with Gasteiger partial charge < -0.3 is 14.5 Å². The van der Waals surface area contributed by atoms with Gasteiger partial charge in [-0.3, -0.25) is 14.6 Å². The third kappa shape index (κ3) is 2.08. The van der Waals surface area contributed by atoms with Crippen molar-refractivity contribution in [3.8, 4) is 0 Å². The highest BCUT2D eigenvalue weighted by molar-refractivity contribution is 5.94. The number of morpholine rings is 1. The van der Waals surface area contributed by atoms with Crippen LogP contribution in [0.25, 0.3) is 0 Å². The van der Waals surface area contributed by atoms with Crippen molar-refractivity contribution in [1.29, 1.82) is 0 Å². The van der Waals surface area contributed by atoms with Crippen LogP contribution in [0.15, 0.2) is 24.5 Å². The fourth-order valence-corrected chi connectivity index (χ4v) is 2.60. The van der Waals surface area contributed by atoms with Gasteiger partial charge in [0.25, 0.3) is 5.91 Å². The Morgan fingerprint density at radius 1 is 1.47 bits per heavy atom. The molecule has 2 aliphatic heterocycles. The van der Waals surface area contributed by atoms with Crippen LogP contribution in [0.1, 0.15) is 10.4 Å². The molecule has 0 spiro atoms.